The van der Waals surface area contributed by atoms with E-state index < -0.39 is 40.4 Å². The molecule has 0 aliphatic heterocycles. The Morgan fingerprint density at radius 1 is 0.714 bits per heavy atom. The van der Waals surface area contributed by atoms with Crippen molar-refractivity contribution < 1.29 is 0 Å². The molecule has 0 heterocycles. The van der Waals surface area contributed by atoms with Crippen LogP contribution in [0.2, 0.25) is 19.5 Å². The minimum absolute atomic E-state index is 0.813. The molecule has 14 heavy (non-hydrogen) atoms. The molecule has 0 saturated carbocycles. The SMILES string of the molecule is [CH3][Sb]([CH3])[CH2]c1ccc([CH2][Sb]([CH3])[CH3])cc1. The monoisotopic (exact) mass is 406 g/mol. The molecule has 0 amide bonds. The van der Waals surface area contributed by atoms with Gasteiger partial charge in [0.1, 0.15) is 0 Å². The molecule has 2 heteroatoms. The Labute approximate surface area is 103 Å². The molecule has 0 fully saturated rings. The third kappa shape index (κ3) is 5.08. The summed E-state index contributed by atoms with van der Waals surface area (Å²) in [4.78, 5) is 9.83. The van der Waals surface area contributed by atoms with Gasteiger partial charge in [0.15, 0.2) is 0 Å². The Morgan fingerprint density at radius 2 is 1.00 bits per heavy atom. The zero-order chi connectivity index (χ0) is 10.6. The van der Waals surface area contributed by atoms with Gasteiger partial charge in [0, 0.05) is 0 Å². The molecule has 0 spiro atoms. The van der Waals surface area contributed by atoms with E-state index in [9.17, 15) is 0 Å². The van der Waals surface area contributed by atoms with Gasteiger partial charge in [-0.2, -0.15) is 0 Å². The Balaban J connectivity index is 2.59. The van der Waals surface area contributed by atoms with Crippen molar-refractivity contribution in [3.05, 3.63) is 35.4 Å². The summed E-state index contributed by atoms with van der Waals surface area (Å²) in [5, 5.41) is 0. The fraction of sp³-hybridized carbons (Fsp3) is 0.500. The third-order valence-electron chi connectivity index (χ3n) is 2.02. The van der Waals surface area contributed by atoms with Gasteiger partial charge in [0.2, 0.25) is 0 Å². The van der Waals surface area contributed by atoms with Crippen LogP contribution in [0.5, 0.6) is 0 Å². The van der Waals surface area contributed by atoms with Crippen LogP contribution in [0.1, 0.15) is 11.1 Å². The van der Waals surface area contributed by atoms with E-state index >= 15 is 0 Å². The summed E-state index contributed by atoms with van der Waals surface area (Å²) in [6.45, 7) is 0. The Kier molecular flexibility index (Phi) is 5.95. The van der Waals surface area contributed by atoms with Crippen molar-refractivity contribution in [2.75, 3.05) is 0 Å². The van der Waals surface area contributed by atoms with E-state index in [0.717, 1.165) is 0 Å². The minimum atomic E-state index is -0.813. The molecule has 78 valence electrons. The summed E-state index contributed by atoms with van der Waals surface area (Å²) in [6.07, 6.45) is 0. The van der Waals surface area contributed by atoms with Gasteiger partial charge >= 0.3 is 104 Å². The Bertz CT molecular complexity index is 233. The van der Waals surface area contributed by atoms with Crippen LogP contribution in [0, 0.1) is 0 Å². The average Bonchev–Trinajstić information content (AvgIpc) is 2.06. The van der Waals surface area contributed by atoms with E-state index in [1.54, 1.807) is 11.1 Å². The molecule has 0 unspecified atom stereocenters. The van der Waals surface area contributed by atoms with Crippen molar-refractivity contribution in [2.24, 2.45) is 0 Å². The van der Waals surface area contributed by atoms with Crippen LogP contribution in [-0.4, -0.2) is 40.4 Å². The van der Waals surface area contributed by atoms with Crippen LogP contribution in [0.4, 0.5) is 0 Å². The second kappa shape index (κ2) is 6.44. The molecular weight excluding hydrogens is 388 g/mol. The van der Waals surface area contributed by atoms with E-state index in [1.165, 1.54) is 8.73 Å². The number of hydrogen-bond donors (Lipinski definition) is 0. The second-order valence-corrected chi connectivity index (χ2v) is 18.4. The van der Waals surface area contributed by atoms with E-state index in [-0.39, 0.29) is 0 Å². The predicted octanol–water partition coefficient (Wildman–Crippen LogP) is 3.36. The molecule has 0 N–H and O–H groups in total. The summed E-state index contributed by atoms with van der Waals surface area (Å²) >= 11 is -1.63. The predicted molar refractivity (Wildman–Crippen MR) is 68.8 cm³/mol. The van der Waals surface area contributed by atoms with Gasteiger partial charge in [-0.15, -0.1) is 0 Å². The topological polar surface area (TPSA) is 0 Å². The van der Waals surface area contributed by atoms with Gasteiger partial charge < -0.3 is 0 Å². The van der Waals surface area contributed by atoms with Crippen LogP contribution in [0.3, 0.4) is 0 Å². The van der Waals surface area contributed by atoms with E-state index in [2.05, 4.69) is 43.7 Å². The standard InChI is InChI=1S/C8H8.4CH3.2Sb/c1-7-3-5-8(2)6-4-7;;;;;;/h3-6H,1-2H2;4*1H3;;. The molecule has 0 nitrogen and oxygen atoms in total. The van der Waals surface area contributed by atoms with Gasteiger partial charge in [-0.1, -0.05) is 0 Å². The zero-order valence-corrected chi connectivity index (χ0v) is 14.7. The molecular formula is C12H20Sb2. The van der Waals surface area contributed by atoms with Crippen LogP contribution in [-0.2, 0) is 8.73 Å². The van der Waals surface area contributed by atoms with E-state index in [1.807, 2.05) is 0 Å². The fourth-order valence-electron chi connectivity index (χ4n) is 1.48. The van der Waals surface area contributed by atoms with E-state index in [4.69, 9.17) is 0 Å². The molecule has 0 aliphatic rings. The molecule has 0 radical (unpaired) electrons. The molecule has 0 saturated heterocycles. The molecule has 1 rings (SSSR count). The zero-order valence-electron chi connectivity index (χ0n) is 9.62. The van der Waals surface area contributed by atoms with Crippen LogP contribution in [0.15, 0.2) is 24.3 Å². The first-order valence-electron chi connectivity index (χ1n) is 4.95. The third-order valence-corrected chi connectivity index (χ3v) is 7.72. The first kappa shape index (κ1) is 12.9. The van der Waals surface area contributed by atoms with Crippen molar-refractivity contribution in [1.29, 1.82) is 0 Å². The quantitative estimate of drug-likeness (QED) is 0.671. The van der Waals surface area contributed by atoms with Crippen molar-refractivity contribution in [2.45, 2.75) is 28.2 Å². The number of benzene rings is 1. The summed E-state index contributed by atoms with van der Waals surface area (Å²) < 4.78 is 2.79. The van der Waals surface area contributed by atoms with E-state index in [0.29, 0.717) is 0 Å². The average molecular weight is 408 g/mol. The van der Waals surface area contributed by atoms with Gasteiger partial charge in [-0.3, -0.25) is 0 Å². The summed E-state index contributed by atoms with van der Waals surface area (Å²) in [5.74, 6) is 0. The molecule has 0 bridgehead atoms. The van der Waals surface area contributed by atoms with Crippen molar-refractivity contribution in [3.8, 4) is 0 Å². The second-order valence-electron chi connectivity index (χ2n) is 4.29. The maximum atomic E-state index is 2.46. The van der Waals surface area contributed by atoms with Gasteiger partial charge in [-0.05, 0) is 0 Å². The van der Waals surface area contributed by atoms with Gasteiger partial charge in [0.05, 0.1) is 0 Å². The first-order chi connectivity index (χ1) is 6.58. The van der Waals surface area contributed by atoms with Crippen molar-refractivity contribution in [3.63, 3.8) is 0 Å². The summed E-state index contributed by atoms with van der Waals surface area (Å²) in [7, 11) is 0. The molecule has 1 aromatic rings. The van der Waals surface area contributed by atoms with Crippen LogP contribution >= 0.6 is 0 Å². The first-order valence-corrected chi connectivity index (χ1v) is 18.8. The van der Waals surface area contributed by atoms with Crippen LogP contribution < -0.4 is 0 Å². The Hall–Kier alpha value is 0.856. The molecule has 0 aromatic heterocycles. The normalized spacial score (nSPS) is 11.3. The molecule has 1 aromatic carbocycles. The number of rotatable bonds is 4. The number of hydrogen-bond acceptors (Lipinski definition) is 0. The Morgan fingerprint density at radius 3 is 1.21 bits per heavy atom. The van der Waals surface area contributed by atoms with Crippen molar-refractivity contribution >= 4 is 40.4 Å². The van der Waals surface area contributed by atoms with Crippen LogP contribution in [0.25, 0.3) is 0 Å². The van der Waals surface area contributed by atoms with Gasteiger partial charge in [-0.25, -0.2) is 0 Å². The molecule has 0 aliphatic carbocycles. The maximum absolute atomic E-state index is 2.46. The molecule has 0 atom stereocenters. The summed E-state index contributed by atoms with van der Waals surface area (Å²) in [5.41, 5.74) is 3.13. The summed E-state index contributed by atoms with van der Waals surface area (Å²) in [6, 6.07) is 9.40. The fourth-order valence-corrected chi connectivity index (χ4v) is 6.85. The van der Waals surface area contributed by atoms with Crippen molar-refractivity contribution in [1.82, 2.24) is 0 Å². The van der Waals surface area contributed by atoms with Gasteiger partial charge in [0.25, 0.3) is 0 Å².